The molecule has 0 aliphatic rings. The fourth-order valence-electron chi connectivity index (χ4n) is 5.37. The monoisotopic (exact) mass is 977 g/mol. The Kier molecular flexibility index (Phi) is 17.2. The van der Waals surface area contributed by atoms with Crippen LogP contribution < -0.4 is 26.1 Å². The lowest BCUT2D eigenvalue weighted by molar-refractivity contribution is -0.131. The summed E-state index contributed by atoms with van der Waals surface area (Å²) in [6, 6.07) is 20.7. The molecule has 69 heavy (non-hydrogen) atoms. The first-order valence-corrected chi connectivity index (χ1v) is 20.5. The highest BCUT2D eigenvalue weighted by Gasteiger charge is 2.21. The number of ether oxygens (including phenoxy) is 2. The molecule has 6 aromatic heterocycles. The van der Waals surface area contributed by atoms with Gasteiger partial charge in [-0.1, -0.05) is 57.8 Å². The second kappa shape index (κ2) is 24.0. The van der Waals surface area contributed by atoms with E-state index in [9.17, 15) is 14.4 Å². The van der Waals surface area contributed by atoms with Gasteiger partial charge in [-0.2, -0.15) is 9.97 Å². The standard InChI is InChI=1S/C21H15ClN8O3.C12H12N2O5.C10H10ClN5O/c1-12-24-21(33-29-12)19-27-25-16(30(19)15-6-4-3-5-14(15)22)7-8-17-26-28-20(32-17)13-9-10-23-18(11-13)31-2;1-19-10-6-8(4-5-13-10)12(18)14-7-9(15)2-3-11(16)17;1-6-13-10(17-16-6)9(15-12)14-8-5-3-2-4-7(8)11/h3-11H,1-2H3;2-6H,7H2,1H3,(H,14,18)(H,16,17);2-5H,12H2,1H3,(H,14,15)/b8-7+;3-2-;. The van der Waals surface area contributed by atoms with Gasteiger partial charge in [-0.3, -0.25) is 14.2 Å². The van der Waals surface area contributed by atoms with E-state index in [1.165, 1.54) is 32.5 Å². The number of benzene rings is 2. The van der Waals surface area contributed by atoms with Crippen LogP contribution in [0.2, 0.25) is 10.0 Å². The zero-order chi connectivity index (χ0) is 49.3. The van der Waals surface area contributed by atoms with Gasteiger partial charge in [0.1, 0.15) is 0 Å². The number of aryl methyl sites for hydroxylation is 2. The van der Waals surface area contributed by atoms with Crippen LogP contribution in [0.4, 0.5) is 5.69 Å². The fourth-order valence-corrected chi connectivity index (χ4v) is 5.77. The van der Waals surface area contributed by atoms with E-state index in [0.717, 1.165) is 6.08 Å². The molecule has 6 heterocycles. The molecule has 8 aromatic rings. The molecule has 0 aliphatic carbocycles. The van der Waals surface area contributed by atoms with E-state index in [0.29, 0.717) is 73.7 Å². The number of nitrogens with zero attached hydrogens (tertiary/aromatic N) is 12. The number of hydrogen-bond acceptors (Lipinski definition) is 20. The minimum Gasteiger partial charge on any atom is -0.481 e. The Morgan fingerprint density at radius 1 is 0.812 bits per heavy atom. The number of carboxylic acid groups (broad SMARTS) is 1. The molecule has 0 aliphatic heterocycles. The average molecular weight is 979 g/mol. The van der Waals surface area contributed by atoms with Gasteiger partial charge in [-0.25, -0.2) is 25.6 Å². The van der Waals surface area contributed by atoms with Crippen LogP contribution in [0.1, 0.15) is 39.6 Å². The van der Waals surface area contributed by atoms with Gasteiger partial charge in [0, 0.05) is 47.8 Å². The van der Waals surface area contributed by atoms with Crippen LogP contribution in [0.15, 0.2) is 116 Å². The second-order valence-electron chi connectivity index (χ2n) is 13.3. The molecule has 0 spiro atoms. The molecule has 0 fully saturated rings. The molecule has 24 nitrogen and oxygen atoms in total. The third-order valence-corrected chi connectivity index (χ3v) is 9.14. The van der Waals surface area contributed by atoms with Crippen molar-refractivity contribution in [3.63, 3.8) is 0 Å². The fraction of sp³-hybridized carbons (Fsp3) is 0.116. The third-order valence-electron chi connectivity index (χ3n) is 8.50. The first-order chi connectivity index (χ1) is 33.3. The number of hydrogen-bond donors (Lipinski definition) is 4. The van der Waals surface area contributed by atoms with E-state index < -0.39 is 17.7 Å². The lowest BCUT2D eigenvalue weighted by atomic mass is 10.2. The Hall–Kier alpha value is -9.00. The normalized spacial score (nSPS) is 11.1. The van der Waals surface area contributed by atoms with Crippen LogP contribution in [0, 0.1) is 13.8 Å². The first kappa shape index (κ1) is 49.4. The molecule has 0 saturated heterocycles. The summed E-state index contributed by atoms with van der Waals surface area (Å²) in [6.45, 7) is 3.14. The summed E-state index contributed by atoms with van der Waals surface area (Å²) in [5.41, 5.74) is 4.59. The molecule has 8 rings (SSSR count). The molecule has 0 saturated carbocycles. The highest BCUT2D eigenvalue weighted by molar-refractivity contribution is 6.33. The number of carbonyl (C=O) groups is 3. The van der Waals surface area contributed by atoms with Crippen LogP contribution >= 0.6 is 23.2 Å². The largest absolute Gasteiger partial charge is 0.481 e. The number of carbonyl (C=O) groups excluding carboxylic acids is 2. The van der Waals surface area contributed by atoms with Gasteiger partial charge >= 0.3 is 5.97 Å². The van der Waals surface area contributed by atoms with Gasteiger partial charge in [-0.05, 0) is 62.4 Å². The number of para-hydroxylation sites is 2. The SMILES string of the molecule is COc1cc(-c2nnc(/C=C/c3nnc(-c4nc(C)no4)n3-c3ccccc3Cl)o2)ccn1.COc1cc(C(=O)NCC(=O)/C=C\C(=O)O)ccn1.Cc1noc(C(=Nc2ccccc2Cl)NN)n1. The average Bonchev–Trinajstić information content (AvgIpc) is 4.20. The van der Waals surface area contributed by atoms with E-state index in [4.69, 9.17) is 57.1 Å². The number of amides is 1. The van der Waals surface area contributed by atoms with Gasteiger partial charge in [0.2, 0.25) is 35.2 Å². The van der Waals surface area contributed by atoms with Gasteiger partial charge in [0.05, 0.1) is 42.2 Å². The number of amidine groups is 1. The Balaban J connectivity index is 0.000000185. The summed E-state index contributed by atoms with van der Waals surface area (Å²) in [4.78, 5) is 53.4. The number of aromatic nitrogens is 11. The molecule has 0 atom stereocenters. The molecule has 0 bridgehead atoms. The lowest BCUT2D eigenvalue weighted by Gasteiger charge is -2.08. The molecular formula is C43H37Cl2N15O9. The molecule has 352 valence electrons. The highest BCUT2D eigenvalue weighted by atomic mass is 35.5. The topological polar surface area (TPSA) is 326 Å². The van der Waals surface area contributed by atoms with Crippen LogP contribution in [0.5, 0.6) is 11.8 Å². The van der Waals surface area contributed by atoms with E-state index in [1.807, 2.05) is 30.3 Å². The third kappa shape index (κ3) is 13.8. The molecule has 0 radical (unpaired) electrons. The summed E-state index contributed by atoms with van der Waals surface area (Å²) in [5, 5.41) is 35.8. The minimum absolute atomic E-state index is 0.213. The molecule has 2 aromatic carbocycles. The summed E-state index contributed by atoms with van der Waals surface area (Å²) < 4.78 is 27.7. The predicted molar refractivity (Wildman–Crippen MR) is 246 cm³/mol. The summed E-state index contributed by atoms with van der Waals surface area (Å²) in [5.74, 6) is 6.92. The quantitative estimate of drug-likeness (QED) is 0.0343. The maximum atomic E-state index is 11.7. The van der Waals surface area contributed by atoms with Crippen LogP contribution in [0.25, 0.3) is 41.0 Å². The number of methoxy groups -OCH3 is 2. The zero-order valence-electron chi connectivity index (χ0n) is 36.5. The second-order valence-corrected chi connectivity index (χ2v) is 14.1. The number of nitrogens with two attached hydrogens (primary N) is 1. The summed E-state index contributed by atoms with van der Waals surface area (Å²) in [7, 11) is 2.96. The number of rotatable bonds is 14. The van der Waals surface area contributed by atoms with E-state index in [2.05, 4.69) is 66.4 Å². The van der Waals surface area contributed by atoms with Crippen LogP contribution in [0.3, 0.4) is 0 Å². The van der Waals surface area contributed by atoms with Crippen molar-refractivity contribution in [1.82, 2.24) is 66.0 Å². The number of ketones is 1. The Morgan fingerprint density at radius 3 is 2.17 bits per heavy atom. The van der Waals surface area contributed by atoms with E-state index in [1.54, 1.807) is 67.1 Å². The van der Waals surface area contributed by atoms with Crippen molar-refractivity contribution >= 4 is 64.5 Å². The minimum atomic E-state index is -1.22. The van der Waals surface area contributed by atoms with Crippen molar-refractivity contribution in [2.75, 3.05) is 20.8 Å². The number of nitrogens with one attached hydrogen (secondary N) is 2. The van der Waals surface area contributed by atoms with Crippen LogP contribution in [-0.2, 0) is 9.59 Å². The van der Waals surface area contributed by atoms with Gasteiger partial charge in [0.25, 0.3) is 17.7 Å². The van der Waals surface area contributed by atoms with E-state index >= 15 is 0 Å². The first-order valence-electron chi connectivity index (χ1n) is 19.7. The van der Waals surface area contributed by atoms with Crippen molar-refractivity contribution < 1.29 is 42.4 Å². The number of carboxylic acids is 1. The van der Waals surface area contributed by atoms with Crippen molar-refractivity contribution in [1.29, 1.82) is 0 Å². The molecular weight excluding hydrogens is 941 g/mol. The highest BCUT2D eigenvalue weighted by Crippen LogP contribution is 2.28. The smallest absolute Gasteiger partial charge is 0.328 e. The van der Waals surface area contributed by atoms with E-state index in [-0.39, 0.29) is 35.9 Å². The molecule has 1 amide bonds. The van der Waals surface area contributed by atoms with Gasteiger partial charge in [0.15, 0.2) is 23.3 Å². The maximum absolute atomic E-state index is 11.7. The number of halogens is 2. The van der Waals surface area contributed by atoms with Crippen molar-refractivity contribution in [3.05, 3.63) is 142 Å². The molecule has 5 N–H and O–H groups in total. The predicted octanol–water partition coefficient (Wildman–Crippen LogP) is 5.51. The van der Waals surface area contributed by atoms with Gasteiger partial charge in [-0.15, -0.1) is 20.4 Å². The lowest BCUT2D eigenvalue weighted by Crippen LogP contribution is -2.31. The van der Waals surface area contributed by atoms with Gasteiger partial charge < -0.3 is 38.8 Å². The molecule has 0 unspecified atom stereocenters. The zero-order valence-corrected chi connectivity index (χ0v) is 38.0. The Labute approximate surface area is 399 Å². The van der Waals surface area contributed by atoms with Crippen molar-refractivity contribution in [2.24, 2.45) is 10.8 Å². The Morgan fingerprint density at radius 2 is 1.51 bits per heavy atom. The number of hydrazine groups is 1. The number of pyridine rings is 2. The van der Waals surface area contributed by atoms with Crippen molar-refractivity contribution in [2.45, 2.75) is 13.8 Å². The summed E-state index contributed by atoms with van der Waals surface area (Å²) in [6.07, 6.45) is 7.89. The maximum Gasteiger partial charge on any atom is 0.328 e. The van der Waals surface area contributed by atoms with Crippen LogP contribution in [-0.4, -0.2) is 105 Å². The van der Waals surface area contributed by atoms with Crippen molar-refractivity contribution in [3.8, 4) is 40.6 Å². The Bertz CT molecular complexity index is 3140. The molecule has 26 heteroatoms. The number of aliphatic imine (C=N–C) groups is 1. The summed E-state index contributed by atoms with van der Waals surface area (Å²) >= 11 is 12.4. The number of aliphatic carboxylic acids is 1.